The zero-order chi connectivity index (χ0) is 37.1. The molecule has 0 spiro atoms. The zero-order valence-corrected chi connectivity index (χ0v) is 32.1. The lowest BCUT2D eigenvalue weighted by Gasteiger charge is -2.35. The predicted octanol–water partition coefficient (Wildman–Crippen LogP) is 15.3. The number of thiophene rings is 1. The molecule has 0 aliphatic heterocycles. The highest BCUT2D eigenvalue weighted by Gasteiger charge is 2.33. The fourth-order valence-corrected chi connectivity index (χ4v) is 11.0. The Labute approximate surface area is 329 Å². The van der Waals surface area contributed by atoms with E-state index in [-0.39, 0.29) is 5.41 Å². The summed E-state index contributed by atoms with van der Waals surface area (Å²) in [5.41, 5.74) is 14.3. The second-order valence-corrected chi connectivity index (χ2v) is 17.3. The first-order valence-corrected chi connectivity index (χ1v) is 20.4. The molecule has 2 heteroatoms. The molecule has 11 aromatic rings. The average molecular weight is 732 g/mol. The van der Waals surface area contributed by atoms with Crippen LogP contribution in [0.5, 0.6) is 0 Å². The lowest BCUT2D eigenvalue weighted by Crippen LogP contribution is -2.25. The van der Waals surface area contributed by atoms with Crippen LogP contribution in [0.4, 0.5) is 0 Å². The summed E-state index contributed by atoms with van der Waals surface area (Å²) >= 11 is 1.94. The van der Waals surface area contributed by atoms with Crippen molar-refractivity contribution in [2.24, 2.45) is 0 Å². The maximum absolute atomic E-state index is 2.50. The number of benzene rings is 9. The maximum Gasteiger partial charge on any atom is 0.0541 e. The molecule has 0 atom stereocenters. The van der Waals surface area contributed by atoms with E-state index in [1.165, 1.54) is 114 Å². The molecule has 1 nitrogen and oxygen atoms in total. The number of rotatable bonds is 3. The van der Waals surface area contributed by atoms with Gasteiger partial charge in [-0.3, -0.25) is 0 Å². The summed E-state index contributed by atoms with van der Waals surface area (Å²) in [6.45, 7) is 4.84. The number of fused-ring (bicyclic) bond motifs is 13. The van der Waals surface area contributed by atoms with Crippen molar-refractivity contribution in [3.8, 4) is 39.1 Å². The van der Waals surface area contributed by atoms with E-state index in [4.69, 9.17) is 0 Å². The lowest BCUT2D eigenvalue weighted by atomic mass is 9.70. The molecule has 0 N–H and O–H groups in total. The molecule has 0 unspecified atom stereocenters. The molecule has 9 aromatic carbocycles. The Balaban J connectivity index is 1.06. The van der Waals surface area contributed by atoms with Gasteiger partial charge < -0.3 is 4.57 Å². The number of hydrogen-bond donors (Lipinski definition) is 0. The van der Waals surface area contributed by atoms with Crippen LogP contribution < -0.4 is 0 Å². The maximum atomic E-state index is 2.50. The van der Waals surface area contributed by atoms with Crippen molar-refractivity contribution in [1.82, 2.24) is 4.57 Å². The Bertz CT molecular complexity index is 3410. The van der Waals surface area contributed by atoms with Crippen molar-refractivity contribution in [2.75, 3.05) is 0 Å². The molecule has 0 saturated carbocycles. The fraction of sp³-hybridized carbons (Fsp3) is 0.0741. The third-order valence-corrected chi connectivity index (χ3v) is 13.7. The Morgan fingerprint density at radius 3 is 1.93 bits per heavy atom. The second kappa shape index (κ2) is 11.8. The second-order valence-electron chi connectivity index (χ2n) is 16.3. The number of aromatic nitrogens is 1. The van der Waals surface area contributed by atoms with E-state index in [2.05, 4.69) is 194 Å². The van der Waals surface area contributed by atoms with E-state index in [1.54, 1.807) is 0 Å². The van der Waals surface area contributed by atoms with E-state index in [0.717, 1.165) is 6.42 Å². The SMILES string of the molecule is CC1(C)Cc2cc(-n3c4ccc(-c5ccccc5)cc4c4cc(-c5ccc6c(ccc7ccccc76)c5)ccc43)ccc2-c2c1ccc1c2sc2ccccc21. The third kappa shape index (κ3) is 4.66. The van der Waals surface area contributed by atoms with E-state index in [0.29, 0.717) is 0 Å². The summed E-state index contributed by atoms with van der Waals surface area (Å²) in [5, 5.41) is 10.4. The third-order valence-electron chi connectivity index (χ3n) is 12.5. The van der Waals surface area contributed by atoms with Gasteiger partial charge in [0, 0.05) is 42.2 Å². The van der Waals surface area contributed by atoms with Crippen molar-refractivity contribution in [1.29, 1.82) is 0 Å². The van der Waals surface area contributed by atoms with Gasteiger partial charge in [-0.1, -0.05) is 141 Å². The van der Waals surface area contributed by atoms with Gasteiger partial charge in [-0.05, 0) is 121 Å². The van der Waals surface area contributed by atoms with Gasteiger partial charge in [0.1, 0.15) is 0 Å². The molecule has 2 aromatic heterocycles. The van der Waals surface area contributed by atoms with Crippen molar-refractivity contribution in [3.05, 3.63) is 187 Å². The van der Waals surface area contributed by atoms with Gasteiger partial charge >= 0.3 is 0 Å². The summed E-state index contributed by atoms with van der Waals surface area (Å²) in [6, 6.07) is 65.9. The van der Waals surface area contributed by atoms with Gasteiger partial charge in [0.25, 0.3) is 0 Å². The average Bonchev–Trinajstić information content (AvgIpc) is 3.78. The van der Waals surface area contributed by atoms with Crippen LogP contribution in [0.3, 0.4) is 0 Å². The largest absolute Gasteiger partial charge is 0.309 e. The Morgan fingerprint density at radius 1 is 0.464 bits per heavy atom. The van der Waals surface area contributed by atoms with E-state index < -0.39 is 0 Å². The summed E-state index contributed by atoms with van der Waals surface area (Å²) < 4.78 is 5.26. The van der Waals surface area contributed by atoms with Gasteiger partial charge in [-0.2, -0.15) is 0 Å². The van der Waals surface area contributed by atoms with Crippen LogP contribution in [0.25, 0.3) is 103 Å². The van der Waals surface area contributed by atoms with Crippen LogP contribution in [-0.2, 0) is 11.8 Å². The molecule has 0 saturated heterocycles. The molecule has 12 rings (SSSR count). The molecule has 0 amide bonds. The number of hydrogen-bond acceptors (Lipinski definition) is 1. The summed E-state index contributed by atoms with van der Waals surface area (Å²) in [6.07, 6.45) is 0.996. The van der Waals surface area contributed by atoms with E-state index >= 15 is 0 Å². The standard InChI is InChI=1S/C54H37NS/c1-54(2)32-39-29-40(21-23-43(39)52-48(54)25-24-45-44-14-8-9-15-51(44)56-53(45)52)55-49-26-19-36(33-10-4-3-5-11-33)30-46(49)47-31-37(20-27-50(47)55)35-18-22-42-38(28-35)17-16-34-12-6-7-13-41(34)42/h3-31H,32H2,1-2H3. The molecule has 0 bridgehead atoms. The van der Waals surface area contributed by atoms with Gasteiger partial charge in [-0.15, -0.1) is 11.3 Å². The first kappa shape index (κ1) is 31.8. The van der Waals surface area contributed by atoms with Gasteiger partial charge in [0.15, 0.2) is 0 Å². The lowest BCUT2D eigenvalue weighted by molar-refractivity contribution is 0.518. The first-order valence-electron chi connectivity index (χ1n) is 19.6. The first-order chi connectivity index (χ1) is 27.5. The topological polar surface area (TPSA) is 4.93 Å². The van der Waals surface area contributed by atoms with Crippen LogP contribution in [0, 0.1) is 0 Å². The zero-order valence-electron chi connectivity index (χ0n) is 31.3. The normalized spacial score (nSPS) is 13.6. The minimum absolute atomic E-state index is 0.0117. The number of nitrogens with zero attached hydrogens (tertiary/aromatic N) is 1. The van der Waals surface area contributed by atoms with Crippen LogP contribution in [0.1, 0.15) is 25.0 Å². The Kier molecular flexibility index (Phi) is 6.68. The highest BCUT2D eigenvalue weighted by molar-refractivity contribution is 7.26. The Hall–Kier alpha value is -6.48. The predicted molar refractivity (Wildman–Crippen MR) is 242 cm³/mol. The monoisotopic (exact) mass is 731 g/mol. The summed E-state index contributed by atoms with van der Waals surface area (Å²) in [7, 11) is 0. The van der Waals surface area contributed by atoms with Crippen molar-refractivity contribution < 1.29 is 0 Å². The quantitative estimate of drug-likeness (QED) is 0.159. The van der Waals surface area contributed by atoms with Crippen molar-refractivity contribution >= 4 is 74.9 Å². The molecule has 1 aliphatic rings. The van der Waals surface area contributed by atoms with Gasteiger partial charge in [0.2, 0.25) is 0 Å². The molecule has 1 aliphatic carbocycles. The van der Waals surface area contributed by atoms with E-state index in [9.17, 15) is 0 Å². The van der Waals surface area contributed by atoms with Crippen molar-refractivity contribution in [2.45, 2.75) is 25.7 Å². The molecule has 0 fully saturated rings. The molecular formula is C54H37NS. The van der Waals surface area contributed by atoms with Crippen LogP contribution in [0.15, 0.2) is 176 Å². The Morgan fingerprint density at radius 2 is 1.11 bits per heavy atom. The van der Waals surface area contributed by atoms with Gasteiger partial charge in [-0.25, -0.2) is 0 Å². The molecule has 0 radical (unpaired) electrons. The fourth-order valence-electron chi connectivity index (χ4n) is 9.78. The molecule has 2 heterocycles. The smallest absolute Gasteiger partial charge is 0.0541 e. The summed E-state index contributed by atoms with van der Waals surface area (Å²) in [4.78, 5) is 0. The molecule has 264 valence electrons. The van der Waals surface area contributed by atoms with Crippen LogP contribution in [-0.4, -0.2) is 4.57 Å². The summed E-state index contributed by atoms with van der Waals surface area (Å²) in [5.74, 6) is 0. The highest BCUT2D eigenvalue weighted by atomic mass is 32.1. The van der Waals surface area contributed by atoms with Crippen LogP contribution >= 0.6 is 11.3 Å². The van der Waals surface area contributed by atoms with Crippen LogP contribution in [0.2, 0.25) is 0 Å². The minimum atomic E-state index is 0.0117. The minimum Gasteiger partial charge on any atom is -0.309 e. The molecular weight excluding hydrogens is 695 g/mol. The highest BCUT2D eigenvalue weighted by Crippen LogP contribution is 2.50. The molecule has 56 heavy (non-hydrogen) atoms. The van der Waals surface area contributed by atoms with E-state index in [1.807, 2.05) is 11.3 Å². The van der Waals surface area contributed by atoms with Gasteiger partial charge in [0.05, 0.1) is 11.0 Å². The van der Waals surface area contributed by atoms with Crippen molar-refractivity contribution in [3.63, 3.8) is 0 Å².